The molecule has 0 amide bonds. The predicted octanol–water partition coefficient (Wildman–Crippen LogP) is 2.23. The third-order valence-electron chi connectivity index (χ3n) is 4.09. The van der Waals surface area contributed by atoms with E-state index < -0.39 is 0 Å². The second-order valence-corrected chi connectivity index (χ2v) is 5.50. The van der Waals surface area contributed by atoms with Crippen LogP contribution in [0.3, 0.4) is 0 Å². The molecule has 94 valence electrons. The molecular weight excluding hydrogens is 214 g/mol. The zero-order valence-electron chi connectivity index (χ0n) is 10.3. The zero-order chi connectivity index (χ0) is 11.7. The molecular formula is C13H21N3O. The average Bonchev–Trinajstić information content (AvgIpc) is 3.13. The predicted molar refractivity (Wildman–Crippen MR) is 64.5 cm³/mol. The Morgan fingerprint density at radius 2 is 1.71 bits per heavy atom. The van der Waals surface area contributed by atoms with Crippen molar-refractivity contribution < 1.29 is 5.11 Å². The van der Waals surface area contributed by atoms with E-state index >= 15 is 0 Å². The molecule has 2 aliphatic carbocycles. The molecule has 2 aliphatic rings. The SMILES string of the molecule is OCc1nnc(CC2CCCCC2)n1C1CC1. The quantitative estimate of drug-likeness (QED) is 0.870. The maximum atomic E-state index is 9.29. The number of aromatic nitrogens is 3. The molecule has 1 heterocycles. The third kappa shape index (κ3) is 2.37. The van der Waals surface area contributed by atoms with Crippen molar-refractivity contribution >= 4 is 0 Å². The monoisotopic (exact) mass is 235 g/mol. The van der Waals surface area contributed by atoms with Crippen LogP contribution in [0.2, 0.25) is 0 Å². The van der Waals surface area contributed by atoms with Gasteiger partial charge in [-0.05, 0) is 18.8 Å². The Labute approximate surface area is 102 Å². The van der Waals surface area contributed by atoms with Gasteiger partial charge in [0.05, 0.1) is 0 Å². The highest BCUT2D eigenvalue weighted by molar-refractivity contribution is 5.03. The standard InChI is InChI=1S/C13H21N3O/c17-9-13-15-14-12(16(13)11-6-7-11)8-10-4-2-1-3-5-10/h10-11,17H,1-9H2. The summed E-state index contributed by atoms with van der Waals surface area (Å²) >= 11 is 0. The maximum Gasteiger partial charge on any atom is 0.159 e. The Hall–Kier alpha value is -0.900. The van der Waals surface area contributed by atoms with Crippen molar-refractivity contribution in [2.24, 2.45) is 5.92 Å². The van der Waals surface area contributed by atoms with Gasteiger partial charge in [0, 0.05) is 12.5 Å². The summed E-state index contributed by atoms with van der Waals surface area (Å²) < 4.78 is 2.20. The minimum absolute atomic E-state index is 0.0220. The number of aliphatic hydroxyl groups is 1. The minimum Gasteiger partial charge on any atom is -0.388 e. The van der Waals surface area contributed by atoms with Gasteiger partial charge in [-0.3, -0.25) is 0 Å². The van der Waals surface area contributed by atoms with Crippen LogP contribution in [0.1, 0.15) is 62.6 Å². The molecule has 0 saturated heterocycles. The van der Waals surface area contributed by atoms with E-state index in [1.807, 2.05) is 0 Å². The van der Waals surface area contributed by atoms with Crippen LogP contribution in [-0.2, 0) is 13.0 Å². The van der Waals surface area contributed by atoms with Gasteiger partial charge in [0.1, 0.15) is 12.4 Å². The Morgan fingerprint density at radius 3 is 2.35 bits per heavy atom. The summed E-state index contributed by atoms with van der Waals surface area (Å²) in [4.78, 5) is 0. The van der Waals surface area contributed by atoms with Crippen LogP contribution >= 0.6 is 0 Å². The topological polar surface area (TPSA) is 50.9 Å². The first-order valence-corrected chi connectivity index (χ1v) is 6.92. The van der Waals surface area contributed by atoms with Crippen molar-refractivity contribution in [3.8, 4) is 0 Å². The highest BCUT2D eigenvalue weighted by Gasteiger charge is 2.30. The molecule has 0 aliphatic heterocycles. The minimum atomic E-state index is 0.0220. The van der Waals surface area contributed by atoms with Gasteiger partial charge in [-0.25, -0.2) is 0 Å². The lowest BCUT2D eigenvalue weighted by atomic mass is 9.87. The first-order chi connectivity index (χ1) is 8.38. The summed E-state index contributed by atoms with van der Waals surface area (Å²) in [6, 6.07) is 0.575. The van der Waals surface area contributed by atoms with Crippen LogP contribution < -0.4 is 0 Å². The second kappa shape index (κ2) is 4.77. The summed E-state index contributed by atoms with van der Waals surface area (Å²) in [6.07, 6.45) is 10.3. The van der Waals surface area contributed by atoms with E-state index in [-0.39, 0.29) is 6.61 Å². The van der Waals surface area contributed by atoms with Crippen molar-refractivity contribution in [3.05, 3.63) is 11.6 Å². The van der Waals surface area contributed by atoms with Crippen molar-refractivity contribution in [2.75, 3.05) is 0 Å². The number of rotatable bonds is 4. The molecule has 2 fully saturated rings. The summed E-state index contributed by atoms with van der Waals surface area (Å²) in [5.41, 5.74) is 0. The van der Waals surface area contributed by atoms with E-state index in [0.29, 0.717) is 6.04 Å². The van der Waals surface area contributed by atoms with Gasteiger partial charge < -0.3 is 9.67 Å². The lowest BCUT2D eigenvalue weighted by molar-refractivity contribution is 0.263. The largest absolute Gasteiger partial charge is 0.388 e. The van der Waals surface area contributed by atoms with Crippen LogP contribution in [0.5, 0.6) is 0 Å². The lowest BCUT2D eigenvalue weighted by Crippen LogP contribution is -2.14. The van der Waals surface area contributed by atoms with Gasteiger partial charge in [-0.2, -0.15) is 0 Å². The molecule has 0 aromatic carbocycles. The van der Waals surface area contributed by atoms with Crippen LogP contribution in [0, 0.1) is 5.92 Å². The fourth-order valence-electron chi connectivity index (χ4n) is 3.01. The molecule has 1 aromatic heterocycles. The van der Waals surface area contributed by atoms with E-state index in [2.05, 4.69) is 14.8 Å². The molecule has 0 spiro atoms. The molecule has 4 nitrogen and oxygen atoms in total. The smallest absolute Gasteiger partial charge is 0.159 e. The Bertz CT molecular complexity index is 378. The highest BCUT2D eigenvalue weighted by Crippen LogP contribution is 2.37. The van der Waals surface area contributed by atoms with Crippen molar-refractivity contribution in [3.63, 3.8) is 0 Å². The molecule has 17 heavy (non-hydrogen) atoms. The van der Waals surface area contributed by atoms with Crippen LogP contribution in [0.15, 0.2) is 0 Å². The van der Waals surface area contributed by atoms with Crippen LogP contribution in [0.25, 0.3) is 0 Å². The first-order valence-electron chi connectivity index (χ1n) is 6.92. The zero-order valence-corrected chi connectivity index (χ0v) is 10.3. The van der Waals surface area contributed by atoms with Gasteiger partial charge in [0.15, 0.2) is 5.82 Å². The molecule has 0 bridgehead atoms. The van der Waals surface area contributed by atoms with Crippen LogP contribution in [0.4, 0.5) is 0 Å². The number of hydrogen-bond donors (Lipinski definition) is 1. The molecule has 4 heteroatoms. The van der Waals surface area contributed by atoms with Gasteiger partial charge in [-0.15, -0.1) is 10.2 Å². The number of nitrogens with zero attached hydrogens (tertiary/aromatic N) is 3. The number of aliphatic hydroxyl groups excluding tert-OH is 1. The molecule has 0 atom stereocenters. The van der Waals surface area contributed by atoms with Crippen molar-refractivity contribution in [1.29, 1.82) is 0 Å². The summed E-state index contributed by atoms with van der Waals surface area (Å²) in [7, 11) is 0. The molecule has 1 N–H and O–H groups in total. The lowest BCUT2D eigenvalue weighted by Gasteiger charge is -2.21. The molecule has 3 rings (SSSR count). The number of hydrogen-bond acceptors (Lipinski definition) is 3. The normalized spacial score (nSPS) is 21.9. The fraction of sp³-hybridized carbons (Fsp3) is 0.846. The Kier molecular flexibility index (Phi) is 3.14. The van der Waals surface area contributed by atoms with Crippen molar-refractivity contribution in [1.82, 2.24) is 14.8 Å². The van der Waals surface area contributed by atoms with Gasteiger partial charge in [0.25, 0.3) is 0 Å². The molecule has 2 saturated carbocycles. The Balaban J connectivity index is 1.74. The van der Waals surface area contributed by atoms with Gasteiger partial charge in [0.2, 0.25) is 0 Å². The molecule has 0 radical (unpaired) electrons. The summed E-state index contributed by atoms with van der Waals surface area (Å²) in [6.45, 7) is 0.0220. The van der Waals surface area contributed by atoms with Gasteiger partial charge >= 0.3 is 0 Å². The van der Waals surface area contributed by atoms with E-state index in [1.165, 1.54) is 44.9 Å². The molecule has 1 aromatic rings. The second-order valence-electron chi connectivity index (χ2n) is 5.50. The van der Waals surface area contributed by atoms with E-state index in [1.54, 1.807) is 0 Å². The maximum absolute atomic E-state index is 9.29. The van der Waals surface area contributed by atoms with Gasteiger partial charge in [-0.1, -0.05) is 32.1 Å². The third-order valence-corrected chi connectivity index (χ3v) is 4.09. The first kappa shape index (κ1) is 11.2. The Morgan fingerprint density at radius 1 is 1.00 bits per heavy atom. The highest BCUT2D eigenvalue weighted by atomic mass is 16.3. The van der Waals surface area contributed by atoms with Crippen LogP contribution in [-0.4, -0.2) is 19.9 Å². The van der Waals surface area contributed by atoms with Crippen molar-refractivity contribution in [2.45, 2.75) is 64.0 Å². The summed E-state index contributed by atoms with van der Waals surface area (Å²) in [5, 5.41) is 17.7. The van der Waals surface area contributed by atoms with E-state index in [9.17, 15) is 5.11 Å². The van der Waals surface area contributed by atoms with E-state index in [4.69, 9.17) is 0 Å². The fourth-order valence-corrected chi connectivity index (χ4v) is 3.01. The molecule has 0 unspecified atom stereocenters. The van der Waals surface area contributed by atoms with E-state index in [0.717, 1.165) is 24.0 Å². The summed E-state index contributed by atoms with van der Waals surface area (Å²) in [5.74, 6) is 2.67. The average molecular weight is 235 g/mol.